The third-order valence-electron chi connectivity index (χ3n) is 5.61. The average molecular weight is 471 g/mol. The number of rotatable bonds is 13. The maximum Gasteiger partial charge on any atom is 0.237 e. The van der Waals surface area contributed by atoms with Gasteiger partial charge in [-0.3, -0.25) is 9.69 Å². The SMILES string of the molecule is C=CCOC[C@@H](O)CN(CC=C)CC(=O)N1CCc2sccc2[C@@H]1COc1ccc(C)cc1. The van der Waals surface area contributed by atoms with E-state index in [1.807, 2.05) is 41.0 Å². The van der Waals surface area contributed by atoms with E-state index < -0.39 is 6.10 Å². The van der Waals surface area contributed by atoms with Crippen LogP contribution in [0, 0.1) is 6.92 Å². The van der Waals surface area contributed by atoms with Crippen LogP contribution < -0.4 is 4.74 Å². The summed E-state index contributed by atoms with van der Waals surface area (Å²) >= 11 is 1.74. The Labute approximate surface area is 200 Å². The highest BCUT2D eigenvalue weighted by molar-refractivity contribution is 7.10. The van der Waals surface area contributed by atoms with E-state index in [9.17, 15) is 9.90 Å². The molecule has 33 heavy (non-hydrogen) atoms. The third kappa shape index (κ3) is 7.27. The summed E-state index contributed by atoms with van der Waals surface area (Å²) in [6, 6.07) is 9.92. The maximum atomic E-state index is 13.4. The highest BCUT2D eigenvalue weighted by atomic mass is 32.1. The van der Waals surface area contributed by atoms with Gasteiger partial charge in [-0.15, -0.1) is 24.5 Å². The van der Waals surface area contributed by atoms with Gasteiger partial charge in [0.1, 0.15) is 12.4 Å². The van der Waals surface area contributed by atoms with E-state index in [-0.39, 0.29) is 25.1 Å². The van der Waals surface area contributed by atoms with Crippen molar-refractivity contribution in [3.63, 3.8) is 0 Å². The van der Waals surface area contributed by atoms with Gasteiger partial charge in [-0.25, -0.2) is 0 Å². The van der Waals surface area contributed by atoms with Gasteiger partial charge in [0.25, 0.3) is 0 Å². The third-order valence-corrected chi connectivity index (χ3v) is 6.60. The molecule has 0 saturated heterocycles. The Morgan fingerprint density at radius 1 is 1.30 bits per heavy atom. The smallest absolute Gasteiger partial charge is 0.237 e. The van der Waals surface area contributed by atoms with Crippen molar-refractivity contribution in [3.05, 3.63) is 77.0 Å². The monoisotopic (exact) mass is 470 g/mol. The van der Waals surface area contributed by atoms with Gasteiger partial charge in [-0.2, -0.15) is 0 Å². The quantitative estimate of drug-likeness (QED) is 0.358. The zero-order valence-corrected chi connectivity index (χ0v) is 20.1. The summed E-state index contributed by atoms with van der Waals surface area (Å²) < 4.78 is 11.4. The fourth-order valence-corrected chi connectivity index (χ4v) is 4.92. The molecule has 1 aromatic carbocycles. The van der Waals surface area contributed by atoms with Gasteiger partial charge in [0.15, 0.2) is 0 Å². The van der Waals surface area contributed by atoms with E-state index in [4.69, 9.17) is 9.47 Å². The molecule has 2 atom stereocenters. The van der Waals surface area contributed by atoms with Crippen LogP contribution in [-0.2, 0) is 16.0 Å². The van der Waals surface area contributed by atoms with Crippen molar-refractivity contribution < 1.29 is 19.4 Å². The van der Waals surface area contributed by atoms with Crippen LogP contribution in [0.1, 0.15) is 22.0 Å². The number of aliphatic hydroxyl groups is 1. The largest absolute Gasteiger partial charge is 0.491 e. The fourth-order valence-electron chi connectivity index (χ4n) is 3.99. The van der Waals surface area contributed by atoms with Gasteiger partial charge in [0, 0.05) is 24.5 Å². The summed E-state index contributed by atoms with van der Waals surface area (Å²) in [6.07, 6.45) is 3.55. The van der Waals surface area contributed by atoms with Gasteiger partial charge in [-0.1, -0.05) is 29.8 Å². The van der Waals surface area contributed by atoms with Crippen LogP contribution in [0.2, 0.25) is 0 Å². The number of aliphatic hydroxyl groups excluding tert-OH is 1. The van der Waals surface area contributed by atoms with E-state index >= 15 is 0 Å². The molecule has 7 heteroatoms. The second-order valence-corrected chi connectivity index (χ2v) is 9.24. The molecule has 6 nitrogen and oxygen atoms in total. The van der Waals surface area contributed by atoms with Crippen LogP contribution in [0.5, 0.6) is 5.75 Å². The molecule has 2 heterocycles. The number of aryl methyl sites for hydroxylation is 1. The van der Waals surface area contributed by atoms with Crippen molar-refractivity contribution >= 4 is 17.2 Å². The lowest BCUT2D eigenvalue weighted by Crippen LogP contribution is -2.48. The highest BCUT2D eigenvalue weighted by Gasteiger charge is 2.33. The molecule has 2 aromatic rings. The van der Waals surface area contributed by atoms with Crippen LogP contribution in [-0.4, -0.2) is 72.9 Å². The summed E-state index contributed by atoms with van der Waals surface area (Å²) in [5, 5.41) is 12.4. The number of hydrogen-bond acceptors (Lipinski definition) is 6. The molecule has 1 aromatic heterocycles. The average Bonchev–Trinajstić information content (AvgIpc) is 3.28. The summed E-state index contributed by atoms with van der Waals surface area (Å²) in [5.74, 6) is 0.816. The van der Waals surface area contributed by atoms with Gasteiger partial charge >= 0.3 is 0 Å². The number of thiophene rings is 1. The number of ether oxygens (including phenoxy) is 2. The van der Waals surface area contributed by atoms with E-state index in [1.165, 1.54) is 16.0 Å². The van der Waals surface area contributed by atoms with Crippen molar-refractivity contribution in [2.75, 3.05) is 46.0 Å². The molecular weight excluding hydrogens is 436 g/mol. The van der Waals surface area contributed by atoms with Gasteiger partial charge in [0.05, 0.1) is 31.9 Å². The molecule has 0 bridgehead atoms. The fraction of sp³-hybridized carbons (Fsp3) is 0.423. The summed E-state index contributed by atoms with van der Waals surface area (Å²) in [4.78, 5) is 18.5. The maximum absolute atomic E-state index is 13.4. The summed E-state index contributed by atoms with van der Waals surface area (Å²) in [5.41, 5.74) is 2.34. The molecule has 1 aliphatic rings. The first-order valence-corrected chi connectivity index (χ1v) is 12.1. The van der Waals surface area contributed by atoms with Crippen LogP contribution >= 0.6 is 11.3 Å². The number of amides is 1. The Morgan fingerprint density at radius 3 is 2.82 bits per heavy atom. The molecule has 0 saturated carbocycles. The van der Waals surface area contributed by atoms with Gasteiger partial charge < -0.3 is 19.5 Å². The standard InChI is InChI=1S/C26H34N2O4S/c1-4-12-27(16-21(29)18-31-14-5-2)17-26(30)28-13-10-25-23(11-15-33-25)24(28)19-32-22-8-6-20(3)7-9-22/h4-9,11,15,21,24,29H,1-2,10,12-14,16-19H2,3H3/t21-,24-/m0/s1. The van der Waals surface area contributed by atoms with E-state index in [2.05, 4.69) is 24.6 Å². The Bertz CT molecular complexity index is 911. The Morgan fingerprint density at radius 2 is 2.09 bits per heavy atom. The molecule has 3 rings (SSSR count). The second kappa shape index (κ2) is 12.7. The lowest BCUT2D eigenvalue weighted by atomic mass is 10.0. The first-order chi connectivity index (χ1) is 16.0. The summed E-state index contributed by atoms with van der Waals surface area (Å²) in [6.45, 7) is 12.1. The molecule has 178 valence electrons. The van der Waals surface area contributed by atoms with Crippen molar-refractivity contribution in [2.45, 2.75) is 25.5 Å². The Balaban J connectivity index is 1.67. The normalized spacial score (nSPS) is 16.3. The van der Waals surface area contributed by atoms with E-state index in [0.29, 0.717) is 32.8 Å². The molecule has 0 radical (unpaired) electrons. The topological polar surface area (TPSA) is 62.2 Å². The first kappa shape index (κ1) is 25.2. The predicted molar refractivity (Wildman–Crippen MR) is 133 cm³/mol. The van der Waals surface area contributed by atoms with Crippen LogP contribution in [0.4, 0.5) is 0 Å². The number of benzene rings is 1. The Kier molecular flexibility index (Phi) is 9.69. The predicted octanol–water partition coefficient (Wildman–Crippen LogP) is 3.61. The molecule has 1 N–H and O–H groups in total. The highest BCUT2D eigenvalue weighted by Crippen LogP contribution is 2.34. The number of carbonyl (C=O) groups excluding carboxylic acids is 1. The minimum absolute atomic E-state index is 0.0189. The zero-order valence-electron chi connectivity index (χ0n) is 19.3. The zero-order chi connectivity index (χ0) is 23.6. The van der Waals surface area contributed by atoms with E-state index in [0.717, 1.165) is 12.2 Å². The van der Waals surface area contributed by atoms with Crippen LogP contribution in [0.3, 0.4) is 0 Å². The number of carbonyl (C=O) groups is 1. The Hall–Kier alpha value is -2.45. The lowest BCUT2D eigenvalue weighted by molar-refractivity contribution is -0.136. The molecule has 0 aliphatic carbocycles. The van der Waals surface area contributed by atoms with Crippen molar-refractivity contribution in [3.8, 4) is 5.75 Å². The van der Waals surface area contributed by atoms with Crippen LogP contribution in [0.15, 0.2) is 61.0 Å². The van der Waals surface area contributed by atoms with Crippen molar-refractivity contribution in [2.24, 2.45) is 0 Å². The number of hydrogen-bond donors (Lipinski definition) is 1. The molecular formula is C26H34N2O4S. The second-order valence-electron chi connectivity index (χ2n) is 8.24. The van der Waals surface area contributed by atoms with Gasteiger partial charge in [-0.05, 0) is 42.5 Å². The number of fused-ring (bicyclic) bond motifs is 1. The lowest BCUT2D eigenvalue weighted by Gasteiger charge is -2.37. The van der Waals surface area contributed by atoms with Gasteiger partial charge in [0.2, 0.25) is 5.91 Å². The first-order valence-electron chi connectivity index (χ1n) is 11.3. The molecule has 0 spiro atoms. The minimum atomic E-state index is -0.691. The molecule has 1 aliphatic heterocycles. The molecule has 0 unspecified atom stereocenters. The summed E-state index contributed by atoms with van der Waals surface area (Å²) in [7, 11) is 0. The minimum Gasteiger partial charge on any atom is -0.491 e. The number of nitrogens with zero attached hydrogens (tertiary/aromatic N) is 2. The van der Waals surface area contributed by atoms with E-state index in [1.54, 1.807) is 23.5 Å². The molecule has 0 fully saturated rings. The van der Waals surface area contributed by atoms with Crippen molar-refractivity contribution in [1.29, 1.82) is 0 Å². The molecule has 1 amide bonds. The van der Waals surface area contributed by atoms with Crippen molar-refractivity contribution in [1.82, 2.24) is 9.80 Å². The van der Waals surface area contributed by atoms with Crippen LogP contribution in [0.25, 0.3) is 0 Å².